The molecule has 2 rings (SSSR count). The Kier molecular flexibility index (Phi) is 4.87. The second-order valence-electron chi connectivity index (χ2n) is 4.90. The lowest BCUT2D eigenvalue weighted by Gasteiger charge is -2.14. The third kappa shape index (κ3) is 4.61. The highest BCUT2D eigenvalue weighted by molar-refractivity contribution is 5.78. The number of nitrogens with one attached hydrogen (secondary N) is 1. The Morgan fingerprint density at radius 3 is 2.79 bits per heavy atom. The van der Waals surface area contributed by atoms with Crippen LogP contribution in [-0.4, -0.2) is 48.2 Å². The van der Waals surface area contributed by atoms with Crippen molar-refractivity contribution in [2.24, 2.45) is 0 Å². The van der Waals surface area contributed by atoms with Crippen LogP contribution in [0.15, 0.2) is 24.3 Å². The number of carbonyl (C=O) groups excluding carboxylic acids is 1. The molecule has 1 aliphatic heterocycles. The number of hydrogen-bond acceptors (Lipinski definition) is 3. The summed E-state index contributed by atoms with van der Waals surface area (Å²) in [4.78, 5) is 13.6. The van der Waals surface area contributed by atoms with Crippen molar-refractivity contribution in [3.8, 4) is 0 Å². The maximum atomic E-state index is 12.7. The van der Waals surface area contributed by atoms with Gasteiger partial charge < -0.3 is 10.4 Å². The Morgan fingerprint density at radius 2 is 2.16 bits per heavy atom. The van der Waals surface area contributed by atoms with Gasteiger partial charge in [0.05, 0.1) is 12.6 Å². The molecule has 4 nitrogen and oxygen atoms in total. The Morgan fingerprint density at radius 1 is 1.42 bits per heavy atom. The number of β-amino-alcohol motifs (C(OH)–C–C–N with tert-alkyl or cyclic N) is 1. The predicted molar refractivity (Wildman–Crippen MR) is 70.2 cm³/mol. The molecule has 5 heteroatoms. The molecule has 0 saturated carbocycles. The van der Waals surface area contributed by atoms with E-state index in [0.29, 0.717) is 26.1 Å². The van der Waals surface area contributed by atoms with E-state index >= 15 is 0 Å². The number of benzene rings is 1. The molecule has 2 N–H and O–H groups in total. The molecule has 1 heterocycles. The molecule has 19 heavy (non-hydrogen) atoms. The SMILES string of the molecule is O=C(CN1CCC(O)C1)NCCc1ccc(F)cc1. The number of carbonyl (C=O) groups is 1. The highest BCUT2D eigenvalue weighted by Gasteiger charge is 2.21. The summed E-state index contributed by atoms with van der Waals surface area (Å²) in [5.74, 6) is -0.281. The van der Waals surface area contributed by atoms with E-state index < -0.39 is 0 Å². The van der Waals surface area contributed by atoms with Gasteiger partial charge in [0.2, 0.25) is 5.91 Å². The van der Waals surface area contributed by atoms with E-state index in [1.807, 2.05) is 4.90 Å². The number of amides is 1. The second kappa shape index (κ2) is 6.63. The fourth-order valence-corrected chi connectivity index (χ4v) is 2.21. The zero-order valence-electron chi connectivity index (χ0n) is 10.8. The average Bonchev–Trinajstić information content (AvgIpc) is 2.77. The fraction of sp³-hybridized carbons (Fsp3) is 0.500. The summed E-state index contributed by atoms with van der Waals surface area (Å²) in [6.45, 7) is 2.22. The lowest BCUT2D eigenvalue weighted by molar-refractivity contribution is -0.122. The Hall–Kier alpha value is -1.46. The van der Waals surface area contributed by atoms with Crippen molar-refractivity contribution >= 4 is 5.91 Å². The van der Waals surface area contributed by atoms with Gasteiger partial charge in [0.1, 0.15) is 5.82 Å². The van der Waals surface area contributed by atoms with Crippen molar-refractivity contribution in [1.82, 2.24) is 10.2 Å². The first-order valence-electron chi connectivity index (χ1n) is 6.55. The topological polar surface area (TPSA) is 52.6 Å². The fourth-order valence-electron chi connectivity index (χ4n) is 2.21. The van der Waals surface area contributed by atoms with Gasteiger partial charge >= 0.3 is 0 Å². The minimum absolute atomic E-state index is 0.0313. The number of nitrogens with zero attached hydrogens (tertiary/aromatic N) is 1. The van der Waals surface area contributed by atoms with Crippen LogP contribution in [0.2, 0.25) is 0 Å². The smallest absolute Gasteiger partial charge is 0.234 e. The van der Waals surface area contributed by atoms with Crippen molar-refractivity contribution in [1.29, 1.82) is 0 Å². The summed E-state index contributed by atoms with van der Waals surface area (Å²) in [5, 5.41) is 12.2. The summed E-state index contributed by atoms with van der Waals surface area (Å²) in [6, 6.07) is 6.28. The van der Waals surface area contributed by atoms with E-state index in [4.69, 9.17) is 0 Å². The van der Waals surface area contributed by atoms with Gasteiger partial charge in [-0.1, -0.05) is 12.1 Å². The van der Waals surface area contributed by atoms with Crippen molar-refractivity contribution in [3.63, 3.8) is 0 Å². The van der Waals surface area contributed by atoms with Crippen LogP contribution in [0, 0.1) is 5.82 Å². The van der Waals surface area contributed by atoms with Crippen molar-refractivity contribution in [2.75, 3.05) is 26.2 Å². The van der Waals surface area contributed by atoms with E-state index in [0.717, 1.165) is 18.5 Å². The summed E-state index contributed by atoms with van der Waals surface area (Å²) in [7, 11) is 0. The van der Waals surface area contributed by atoms with Gasteiger partial charge in [0, 0.05) is 19.6 Å². The molecule has 1 aliphatic rings. The number of hydrogen-bond donors (Lipinski definition) is 2. The van der Waals surface area contributed by atoms with Gasteiger partial charge in [-0.2, -0.15) is 0 Å². The maximum Gasteiger partial charge on any atom is 0.234 e. The lowest BCUT2D eigenvalue weighted by Crippen LogP contribution is -2.37. The quantitative estimate of drug-likeness (QED) is 0.818. The van der Waals surface area contributed by atoms with Crippen LogP contribution in [0.5, 0.6) is 0 Å². The van der Waals surface area contributed by atoms with E-state index in [2.05, 4.69) is 5.32 Å². The standard InChI is InChI=1S/C14H19FN2O2/c15-12-3-1-11(2-4-12)5-7-16-14(19)10-17-8-6-13(18)9-17/h1-4,13,18H,5-10H2,(H,16,19). The minimum Gasteiger partial charge on any atom is -0.392 e. The summed E-state index contributed by atoms with van der Waals surface area (Å²) in [5.41, 5.74) is 0.998. The zero-order chi connectivity index (χ0) is 13.7. The molecule has 1 saturated heterocycles. The number of rotatable bonds is 5. The molecule has 1 amide bonds. The molecule has 0 spiro atoms. The predicted octanol–water partition coefficient (Wildman–Crippen LogP) is 0.551. The molecule has 0 aromatic heterocycles. The van der Waals surface area contributed by atoms with E-state index in [1.54, 1.807) is 12.1 Å². The molecule has 1 fully saturated rings. The van der Waals surface area contributed by atoms with E-state index in [1.165, 1.54) is 12.1 Å². The molecule has 0 radical (unpaired) electrons. The van der Waals surface area contributed by atoms with Crippen molar-refractivity contribution in [2.45, 2.75) is 18.9 Å². The van der Waals surface area contributed by atoms with Crippen LogP contribution >= 0.6 is 0 Å². The highest BCUT2D eigenvalue weighted by Crippen LogP contribution is 2.07. The normalized spacial score (nSPS) is 19.6. The van der Waals surface area contributed by atoms with Gasteiger partial charge in [-0.15, -0.1) is 0 Å². The molecule has 1 atom stereocenters. The van der Waals surface area contributed by atoms with Gasteiger partial charge in [0.15, 0.2) is 0 Å². The first kappa shape index (κ1) is 14.0. The van der Waals surface area contributed by atoms with Gasteiger partial charge in [-0.05, 0) is 30.5 Å². The molecule has 1 aromatic rings. The maximum absolute atomic E-state index is 12.7. The van der Waals surface area contributed by atoms with E-state index in [9.17, 15) is 14.3 Å². The largest absolute Gasteiger partial charge is 0.392 e. The Balaban J connectivity index is 1.65. The van der Waals surface area contributed by atoms with Crippen LogP contribution in [0.3, 0.4) is 0 Å². The second-order valence-corrected chi connectivity index (χ2v) is 4.90. The molecule has 0 bridgehead atoms. The molecule has 1 aromatic carbocycles. The van der Waals surface area contributed by atoms with Crippen LogP contribution < -0.4 is 5.32 Å². The Labute approximate surface area is 112 Å². The van der Waals surface area contributed by atoms with Crippen LogP contribution in [0.25, 0.3) is 0 Å². The molecular formula is C14H19FN2O2. The number of likely N-dealkylation sites (tertiary alicyclic amines) is 1. The van der Waals surface area contributed by atoms with Gasteiger partial charge in [-0.3, -0.25) is 9.69 Å². The Bertz CT molecular complexity index is 422. The lowest BCUT2D eigenvalue weighted by atomic mass is 10.1. The highest BCUT2D eigenvalue weighted by atomic mass is 19.1. The third-order valence-corrected chi connectivity index (χ3v) is 3.26. The first-order chi connectivity index (χ1) is 9.13. The average molecular weight is 266 g/mol. The van der Waals surface area contributed by atoms with Crippen LogP contribution in [-0.2, 0) is 11.2 Å². The van der Waals surface area contributed by atoms with Crippen LogP contribution in [0.1, 0.15) is 12.0 Å². The summed E-state index contributed by atoms with van der Waals surface area (Å²) in [6.07, 6.45) is 1.13. The number of aliphatic hydroxyl groups is 1. The molecule has 104 valence electrons. The van der Waals surface area contributed by atoms with Crippen LogP contribution in [0.4, 0.5) is 4.39 Å². The third-order valence-electron chi connectivity index (χ3n) is 3.26. The molecular weight excluding hydrogens is 247 g/mol. The van der Waals surface area contributed by atoms with Gasteiger partial charge in [0.25, 0.3) is 0 Å². The zero-order valence-corrected chi connectivity index (χ0v) is 10.8. The van der Waals surface area contributed by atoms with Crippen molar-refractivity contribution < 1.29 is 14.3 Å². The summed E-state index contributed by atoms with van der Waals surface area (Å²) >= 11 is 0. The van der Waals surface area contributed by atoms with E-state index in [-0.39, 0.29) is 17.8 Å². The minimum atomic E-state index is -0.299. The molecule has 1 unspecified atom stereocenters. The first-order valence-corrected chi connectivity index (χ1v) is 6.55. The monoisotopic (exact) mass is 266 g/mol. The van der Waals surface area contributed by atoms with Gasteiger partial charge in [-0.25, -0.2) is 4.39 Å². The number of halogens is 1. The summed E-state index contributed by atoms with van der Waals surface area (Å²) < 4.78 is 12.7. The van der Waals surface area contributed by atoms with Crippen molar-refractivity contribution in [3.05, 3.63) is 35.6 Å². The number of aliphatic hydroxyl groups excluding tert-OH is 1. The molecule has 0 aliphatic carbocycles.